The molecule has 1 aliphatic heterocycles. The number of carbonyl (C=O) groups is 2. The van der Waals surface area contributed by atoms with Gasteiger partial charge in [0.05, 0.1) is 16.1 Å². The van der Waals surface area contributed by atoms with Crippen LogP contribution in [0.2, 0.25) is 0 Å². The number of carbonyl (C=O) groups excluding carboxylic acids is 2. The van der Waals surface area contributed by atoms with Crippen LogP contribution in [0.5, 0.6) is 0 Å². The van der Waals surface area contributed by atoms with E-state index in [2.05, 4.69) is 41.3 Å². The molecule has 1 amide bonds. The van der Waals surface area contributed by atoms with Crippen LogP contribution in [0.4, 0.5) is 0 Å². The first-order valence-corrected chi connectivity index (χ1v) is 12.4. The van der Waals surface area contributed by atoms with Gasteiger partial charge in [0.25, 0.3) is 0 Å². The molecule has 0 spiro atoms. The van der Waals surface area contributed by atoms with Gasteiger partial charge < -0.3 is 25.8 Å². The zero-order valence-electron chi connectivity index (χ0n) is 21.0. The highest BCUT2D eigenvalue weighted by Crippen LogP contribution is 2.27. The lowest BCUT2D eigenvalue weighted by Crippen LogP contribution is -2.41. The Bertz CT molecular complexity index is 861. The third-order valence-electron chi connectivity index (χ3n) is 5.66. The molecule has 0 saturated carbocycles. The summed E-state index contributed by atoms with van der Waals surface area (Å²) in [6, 6.07) is 8.70. The lowest BCUT2D eigenvalue weighted by Gasteiger charge is -2.23. The Hall–Kier alpha value is -2.75. The molecule has 8 nitrogen and oxygen atoms in total. The fourth-order valence-corrected chi connectivity index (χ4v) is 4.17. The van der Waals surface area contributed by atoms with Crippen LogP contribution >= 0.6 is 11.3 Å². The smallest absolute Gasteiger partial charge is 0.207 e. The van der Waals surface area contributed by atoms with Crippen LogP contribution in [-0.2, 0) is 16.1 Å². The SMILES string of the molecule is CC(C)C(C=O)N(N)/C=C\N.CC1CCCN1C.Cc1ncsc1-c1ccc(CNC=O)cc1. The Morgan fingerprint density at radius 2 is 1.97 bits per heavy atom. The van der Waals surface area contributed by atoms with E-state index >= 15 is 0 Å². The number of aryl methyl sites for hydroxylation is 1. The number of rotatable bonds is 8. The van der Waals surface area contributed by atoms with Crippen molar-refractivity contribution in [2.45, 2.75) is 59.2 Å². The summed E-state index contributed by atoms with van der Waals surface area (Å²) in [5.41, 5.74) is 10.3. The summed E-state index contributed by atoms with van der Waals surface area (Å²) < 4.78 is 0. The Morgan fingerprint density at radius 1 is 1.29 bits per heavy atom. The van der Waals surface area contributed by atoms with E-state index in [0.717, 1.165) is 23.6 Å². The van der Waals surface area contributed by atoms with Gasteiger partial charge >= 0.3 is 0 Å². The molecular formula is C25H40N6O2S. The molecule has 1 aliphatic rings. The molecule has 1 aromatic heterocycles. The van der Waals surface area contributed by atoms with Crippen LogP contribution in [0.25, 0.3) is 10.4 Å². The molecule has 0 radical (unpaired) electrons. The van der Waals surface area contributed by atoms with Crippen molar-refractivity contribution < 1.29 is 9.59 Å². The molecule has 188 valence electrons. The van der Waals surface area contributed by atoms with E-state index in [1.807, 2.05) is 38.4 Å². The summed E-state index contributed by atoms with van der Waals surface area (Å²) in [6.45, 7) is 10.0. The molecule has 5 N–H and O–H groups in total. The number of aldehydes is 1. The van der Waals surface area contributed by atoms with E-state index in [4.69, 9.17) is 11.6 Å². The van der Waals surface area contributed by atoms with Gasteiger partial charge in [-0.15, -0.1) is 11.3 Å². The molecule has 2 heterocycles. The highest BCUT2D eigenvalue weighted by molar-refractivity contribution is 7.13. The summed E-state index contributed by atoms with van der Waals surface area (Å²) in [5.74, 6) is 5.66. The summed E-state index contributed by atoms with van der Waals surface area (Å²) in [7, 11) is 2.19. The monoisotopic (exact) mass is 488 g/mol. The summed E-state index contributed by atoms with van der Waals surface area (Å²) in [5, 5.41) is 3.94. The normalized spacial score (nSPS) is 16.3. The number of likely N-dealkylation sites (tertiary alicyclic amines) is 1. The Kier molecular flexibility index (Phi) is 13.8. The van der Waals surface area contributed by atoms with Crippen molar-refractivity contribution >= 4 is 24.0 Å². The Balaban J connectivity index is 0.000000279. The maximum atomic E-state index is 10.5. The predicted molar refractivity (Wildman–Crippen MR) is 141 cm³/mol. The molecule has 3 rings (SSSR count). The van der Waals surface area contributed by atoms with Crippen LogP contribution in [0.3, 0.4) is 0 Å². The minimum absolute atomic E-state index is 0.189. The first kappa shape index (κ1) is 29.3. The van der Waals surface area contributed by atoms with Crippen molar-refractivity contribution in [2.75, 3.05) is 13.6 Å². The van der Waals surface area contributed by atoms with E-state index in [1.165, 1.54) is 47.2 Å². The molecule has 2 aromatic rings. The fraction of sp³-hybridized carbons (Fsp3) is 0.480. The molecule has 0 aliphatic carbocycles. The average Bonchev–Trinajstić information content (AvgIpc) is 3.41. The summed E-state index contributed by atoms with van der Waals surface area (Å²) in [4.78, 5) is 28.5. The second-order valence-corrected chi connectivity index (χ2v) is 9.45. The van der Waals surface area contributed by atoms with Gasteiger partial charge in [-0.1, -0.05) is 38.1 Å². The summed E-state index contributed by atoms with van der Waals surface area (Å²) >= 11 is 1.64. The number of nitrogens with one attached hydrogen (secondary N) is 1. The van der Waals surface area contributed by atoms with E-state index in [0.29, 0.717) is 13.0 Å². The van der Waals surface area contributed by atoms with Crippen molar-refractivity contribution in [2.24, 2.45) is 17.5 Å². The first-order valence-electron chi connectivity index (χ1n) is 11.5. The van der Waals surface area contributed by atoms with Crippen LogP contribution in [0, 0.1) is 12.8 Å². The number of nitrogens with two attached hydrogens (primary N) is 2. The highest BCUT2D eigenvalue weighted by atomic mass is 32.1. The van der Waals surface area contributed by atoms with Gasteiger partial charge in [-0.05, 0) is 57.3 Å². The van der Waals surface area contributed by atoms with E-state index in [1.54, 1.807) is 11.3 Å². The van der Waals surface area contributed by atoms with Crippen LogP contribution in [-0.4, -0.2) is 53.3 Å². The van der Waals surface area contributed by atoms with Crippen LogP contribution < -0.4 is 16.9 Å². The van der Waals surface area contributed by atoms with E-state index in [9.17, 15) is 9.59 Å². The average molecular weight is 489 g/mol. The highest BCUT2D eigenvalue weighted by Gasteiger charge is 2.15. The summed E-state index contributed by atoms with van der Waals surface area (Å²) in [6.07, 6.45) is 7.10. The van der Waals surface area contributed by atoms with Crippen molar-refractivity contribution in [3.05, 3.63) is 53.4 Å². The zero-order valence-corrected chi connectivity index (χ0v) is 21.8. The number of nitrogens with zero attached hydrogens (tertiary/aromatic N) is 3. The van der Waals surface area contributed by atoms with E-state index in [-0.39, 0.29) is 12.0 Å². The molecule has 0 bridgehead atoms. The largest absolute Gasteiger partial charge is 0.403 e. The molecule has 1 saturated heterocycles. The molecule has 2 unspecified atom stereocenters. The number of amides is 1. The third kappa shape index (κ3) is 10.0. The van der Waals surface area contributed by atoms with Gasteiger partial charge in [0, 0.05) is 25.0 Å². The van der Waals surface area contributed by atoms with Gasteiger partial charge in [-0.25, -0.2) is 10.8 Å². The minimum Gasteiger partial charge on any atom is -0.403 e. The van der Waals surface area contributed by atoms with Crippen molar-refractivity contribution in [3.8, 4) is 10.4 Å². The fourth-order valence-electron chi connectivity index (χ4n) is 3.36. The van der Waals surface area contributed by atoms with Gasteiger partial charge in [-0.3, -0.25) is 4.79 Å². The molecule has 2 atom stereocenters. The standard InChI is InChI=1S/C12H12N2OS.C7H15N3O.C6H13N/c1-9-12(16-8-14-9)11-4-2-10(3-5-11)6-13-7-15;1-6(2)7(5-11)10(9)4-3-8;1-6-4-3-5-7(6)2/h2-5,7-8H,6H2,1H3,(H,13,15);3-7H,8-9H2,1-2H3;6H,3-5H2,1-2H3/b;4-3-;. The number of benzene rings is 1. The minimum atomic E-state index is -0.296. The van der Waals surface area contributed by atoms with Crippen LogP contribution in [0.1, 0.15) is 44.9 Å². The number of aromatic nitrogens is 1. The quantitative estimate of drug-likeness (QED) is 0.296. The topological polar surface area (TPSA) is 118 Å². The maximum absolute atomic E-state index is 10.5. The van der Waals surface area contributed by atoms with E-state index < -0.39 is 0 Å². The molecule has 1 aromatic carbocycles. The lowest BCUT2D eigenvalue weighted by atomic mass is 10.1. The number of hydrogen-bond acceptors (Lipinski definition) is 8. The number of hydrazine groups is 1. The second-order valence-electron chi connectivity index (χ2n) is 8.59. The second kappa shape index (κ2) is 16.0. The zero-order chi connectivity index (χ0) is 25.5. The van der Waals surface area contributed by atoms with Gasteiger partial charge in [0.15, 0.2) is 0 Å². The third-order valence-corrected chi connectivity index (χ3v) is 6.64. The lowest BCUT2D eigenvalue weighted by molar-refractivity contribution is -0.113. The molecule has 34 heavy (non-hydrogen) atoms. The Morgan fingerprint density at radius 3 is 2.35 bits per heavy atom. The first-order chi connectivity index (χ1) is 16.2. The van der Waals surface area contributed by atoms with Gasteiger partial charge in [0.2, 0.25) is 6.41 Å². The molecular weight excluding hydrogens is 448 g/mol. The maximum Gasteiger partial charge on any atom is 0.207 e. The number of thiazole rings is 1. The van der Waals surface area contributed by atoms with Gasteiger partial charge in [0.1, 0.15) is 12.3 Å². The van der Waals surface area contributed by atoms with Crippen molar-refractivity contribution in [1.29, 1.82) is 0 Å². The number of hydrogen-bond donors (Lipinski definition) is 3. The Labute approximate surface area is 208 Å². The molecule has 9 heteroatoms. The van der Waals surface area contributed by atoms with Crippen LogP contribution in [0.15, 0.2) is 42.2 Å². The van der Waals surface area contributed by atoms with Crippen molar-refractivity contribution in [1.82, 2.24) is 20.2 Å². The van der Waals surface area contributed by atoms with Crippen molar-refractivity contribution in [3.63, 3.8) is 0 Å². The van der Waals surface area contributed by atoms with Gasteiger partial charge in [-0.2, -0.15) is 0 Å². The predicted octanol–water partition coefficient (Wildman–Crippen LogP) is 3.28. The molecule has 1 fully saturated rings.